The SMILES string of the molecule is CCOC(=O)CC(Nc1ccccc1OC)c1ccc(OCc2ccccc2)cc1. The molecule has 3 rings (SSSR count). The minimum absolute atomic E-state index is 0.204. The molecule has 1 unspecified atom stereocenters. The van der Waals surface area contributed by atoms with Gasteiger partial charge in [-0.2, -0.15) is 0 Å². The Kier molecular flexibility index (Phi) is 7.72. The molecule has 1 N–H and O–H groups in total. The molecule has 1 atom stereocenters. The molecule has 3 aromatic carbocycles. The standard InChI is InChI=1S/C25H27NO4/c1-3-29-25(27)17-23(26-22-11-7-8-12-24(22)28-2)20-13-15-21(16-14-20)30-18-19-9-5-4-6-10-19/h4-16,23,26H,3,17-18H2,1-2H3. The predicted molar refractivity (Wildman–Crippen MR) is 118 cm³/mol. The molecule has 0 amide bonds. The first kappa shape index (κ1) is 21.2. The van der Waals surface area contributed by atoms with Crippen molar-refractivity contribution in [3.05, 3.63) is 90.0 Å². The van der Waals surface area contributed by atoms with Gasteiger partial charge >= 0.3 is 5.97 Å². The first-order valence-corrected chi connectivity index (χ1v) is 10.0. The van der Waals surface area contributed by atoms with Crippen molar-refractivity contribution >= 4 is 11.7 Å². The van der Waals surface area contributed by atoms with E-state index in [1.54, 1.807) is 14.0 Å². The van der Waals surface area contributed by atoms with E-state index in [-0.39, 0.29) is 18.4 Å². The largest absolute Gasteiger partial charge is 0.495 e. The predicted octanol–water partition coefficient (Wildman–Crippen LogP) is 5.38. The zero-order valence-corrected chi connectivity index (χ0v) is 17.3. The van der Waals surface area contributed by atoms with Gasteiger partial charge in [-0.25, -0.2) is 0 Å². The van der Waals surface area contributed by atoms with Crippen LogP contribution in [0, 0.1) is 0 Å². The van der Waals surface area contributed by atoms with Gasteiger partial charge in [0, 0.05) is 0 Å². The van der Waals surface area contributed by atoms with Crippen molar-refractivity contribution in [1.29, 1.82) is 0 Å². The molecule has 3 aromatic rings. The molecule has 0 fully saturated rings. The molecule has 0 aromatic heterocycles. The lowest BCUT2D eigenvalue weighted by Gasteiger charge is -2.21. The van der Waals surface area contributed by atoms with Gasteiger partial charge in [0.1, 0.15) is 18.1 Å². The number of rotatable bonds is 10. The smallest absolute Gasteiger partial charge is 0.308 e. The molecule has 0 radical (unpaired) electrons. The van der Waals surface area contributed by atoms with Crippen LogP contribution >= 0.6 is 0 Å². The normalized spacial score (nSPS) is 11.4. The van der Waals surface area contributed by atoms with E-state index in [0.29, 0.717) is 19.0 Å². The second-order valence-corrected chi connectivity index (χ2v) is 6.75. The summed E-state index contributed by atoms with van der Waals surface area (Å²) in [4.78, 5) is 12.2. The maximum atomic E-state index is 12.2. The van der Waals surface area contributed by atoms with Crippen LogP contribution in [0.3, 0.4) is 0 Å². The van der Waals surface area contributed by atoms with Crippen molar-refractivity contribution in [2.24, 2.45) is 0 Å². The lowest BCUT2D eigenvalue weighted by molar-refractivity contribution is -0.143. The third kappa shape index (κ3) is 6.01. The van der Waals surface area contributed by atoms with Gasteiger partial charge in [-0.15, -0.1) is 0 Å². The first-order chi connectivity index (χ1) is 14.7. The first-order valence-electron chi connectivity index (χ1n) is 10.0. The molecule has 0 heterocycles. The average molecular weight is 405 g/mol. The number of methoxy groups -OCH3 is 1. The topological polar surface area (TPSA) is 56.8 Å². The Hall–Kier alpha value is -3.47. The van der Waals surface area contributed by atoms with E-state index in [4.69, 9.17) is 14.2 Å². The number of hydrogen-bond donors (Lipinski definition) is 1. The van der Waals surface area contributed by atoms with E-state index in [9.17, 15) is 4.79 Å². The Labute approximate surface area is 177 Å². The summed E-state index contributed by atoms with van der Waals surface area (Å²) in [5.41, 5.74) is 2.89. The molecule has 30 heavy (non-hydrogen) atoms. The highest BCUT2D eigenvalue weighted by atomic mass is 16.5. The molecular weight excluding hydrogens is 378 g/mol. The van der Waals surface area contributed by atoms with Gasteiger partial charge in [0.2, 0.25) is 0 Å². The van der Waals surface area contributed by atoms with Crippen molar-refractivity contribution in [2.75, 3.05) is 19.0 Å². The fourth-order valence-electron chi connectivity index (χ4n) is 3.13. The van der Waals surface area contributed by atoms with Gasteiger partial charge in [0.15, 0.2) is 0 Å². The van der Waals surface area contributed by atoms with Crippen LogP contribution in [0.15, 0.2) is 78.9 Å². The Morgan fingerprint density at radius 3 is 2.33 bits per heavy atom. The molecule has 0 saturated carbocycles. The number of nitrogens with one attached hydrogen (secondary N) is 1. The molecule has 0 aliphatic heterocycles. The molecule has 5 nitrogen and oxygen atoms in total. The second-order valence-electron chi connectivity index (χ2n) is 6.75. The van der Waals surface area contributed by atoms with Gasteiger partial charge in [0.25, 0.3) is 0 Å². The van der Waals surface area contributed by atoms with Crippen molar-refractivity contribution in [3.63, 3.8) is 0 Å². The van der Waals surface area contributed by atoms with Gasteiger partial charge in [0.05, 0.1) is 31.9 Å². The van der Waals surface area contributed by atoms with Gasteiger partial charge in [-0.05, 0) is 42.3 Å². The lowest BCUT2D eigenvalue weighted by atomic mass is 10.0. The highest BCUT2D eigenvalue weighted by Crippen LogP contribution is 2.30. The maximum Gasteiger partial charge on any atom is 0.308 e. The summed E-state index contributed by atoms with van der Waals surface area (Å²) in [6.45, 7) is 2.66. The summed E-state index contributed by atoms with van der Waals surface area (Å²) in [6, 6.07) is 25.2. The number of benzene rings is 3. The van der Waals surface area contributed by atoms with Crippen LogP contribution in [-0.2, 0) is 16.1 Å². The number of carbonyl (C=O) groups excluding carboxylic acids is 1. The van der Waals surface area contributed by atoms with E-state index in [2.05, 4.69) is 5.32 Å². The van der Waals surface area contributed by atoms with Crippen molar-refractivity contribution < 1.29 is 19.0 Å². The summed E-state index contributed by atoms with van der Waals surface area (Å²) in [5, 5.41) is 3.41. The van der Waals surface area contributed by atoms with Gasteiger partial charge < -0.3 is 19.5 Å². The fourth-order valence-corrected chi connectivity index (χ4v) is 3.13. The average Bonchev–Trinajstić information content (AvgIpc) is 2.79. The minimum Gasteiger partial charge on any atom is -0.495 e. The molecule has 0 bridgehead atoms. The summed E-state index contributed by atoms with van der Waals surface area (Å²) < 4.78 is 16.5. The Morgan fingerprint density at radius 1 is 0.933 bits per heavy atom. The number of hydrogen-bond acceptors (Lipinski definition) is 5. The van der Waals surface area contributed by atoms with Crippen molar-refractivity contribution in [3.8, 4) is 11.5 Å². The molecule has 0 aliphatic rings. The zero-order valence-electron chi connectivity index (χ0n) is 17.3. The van der Waals surface area contributed by atoms with E-state index in [1.165, 1.54) is 0 Å². The molecular formula is C25H27NO4. The van der Waals surface area contributed by atoms with Crippen LogP contribution in [-0.4, -0.2) is 19.7 Å². The zero-order chi connectivity index (χ0) is 21.2. The van der Waals surface area contributed by atoms with Crippen LogP contribution in [0.2, 0.25) is 0 Å². The minimum atomic E-state index is -0.261. The maximum absolute atomic E-state index is 12.2. The molecule has 0 spiro atoms. The fraction of sp³-hybridized carbons (Fsp3) is 0.240. The number of anilines is 1. The third-order valence-electron chi connectivity index (χ3n) is 4.64. The van der Waals surface area contributed by atoms with Crippen LogP contribution in [0.5, 0.6) is 11.5 Å². The quantitative estimate of drug-likeness (QED) is 0.459. The van der Waals surface area contributed by atoms with Crippen molar-refractivity contribution in [1.82, 2.24) is 0 Å². The van der Waals surface area contributed by atoms with E-state index in [1.807, 2.05) is 78.9 Å². The van der Waals surface area contributed by atoms with Crippen LogP contribution in [0.4, 0.5) is 5.69 Å². The van der Waals surface area contributed by atoms with E-state index >= 15 is 0 Å². The monoisotopic (exact) mass is 405 g/mol. The highest BCUT2D eigenvalue weighted by Gasteiger charge is 2.18. The van der Waals surface area contributed by atoms with Crippen molar-refractivity contribution in [2.45, 2.75) is 26.0 Å². The Bertz CT molecular complexity index is 925. The second kappa shape index (κ2) is 10.9. The molecule has 5 heteroatoms. The Morgan fingerprint density at radius 2 is 1.63 bits per heavy atom. The lowest BCUT2D eigenvalue weighted by Crippen LogP contribution is -2.17. The molecule has 0 aliphatic carbocycles. The summed E-state index contributed by atoms with van der Waals surface area (Å²) in [5.74, 6) is 1.23. The molecule has 0 saturated heterocycles. The Balaban J connectivity index is 1.74. The number of para-hydroxylation sites is 2. The third-order valence-corrected chi connectivity index (χ3v) is 4.64. The highest BCUT2D eigenvalue weighted by molar-refractivity contribution is 5.71. The van der Waals surface area contributed by atoms with Crippen LogP contribution in [0.25, 0.3) is 0 Å². The van der Waals surface area contributed by atoms with Crippen LogP contribution < -0.4 is 14.8 Å². The van der Waals surface area contributed by atoms with Crippen LogP contribution in [0.1, 0.15) is 30.5 Å². The van der Waals surface area contributed by atoms with E-state index in [0.717, 1.165) is 22.6 Å². The van der Waals surface area contributed by atoms with Gasteiger partial charge in [-0.3, -0.25) is 4.79 Å². The van der Waals surface area contributed by atoms with Gasteiger partial charge in [-0.1, -0.05) is 54.6 Å². The number of carbonyl (C=O) groups is 1. The summed E-state index contributed by atoms with van der Waals surface area (Å²) in [6.07, 6.45) is 0.204. The molecule has 156 valence electrons. The van der Waals surface area contributed by atoms with E-state index < -0.39 is 0 Å². The number of esters is 1. The summed E-state index contributed by atoms with van der Waals surface area (Å²) >= 11 is 0. The summed E-state index contributed by atoms with van der Waals surface area (Å²) in [7, 11) is 1.62. The number of ether oxygens (including phenoxy) is 3.